The second-order valence-corrected chi connectivity index (χ2v) is 4.50. The third-order valence-electron chi connectivity index (χ3n) is 1.76. The van der Waals surface area contributed by atoms with Crippen LogP contribution in [0, 0.1) is 13.7 Å². The van der Waals surface area contributed by atoms with Crippen LogP contribution in [-0.2, 0) is 0 Å². The first-order chi connectivity index (χ1) is 7.56. The quantitative estimate of drug-likeness (QED) is 0.361. The van der Waals surface area contributed by atoms with Crippen molar-refractivity contribution in [2.24, 2.45) is 0 Å². The molecular weight excluding hydrogens is 346 g/mol. The number of hydrogen-bond donors (Lipinski definition) is 0. The molecule has 2 heterocycles. The van der Waals surface area contributed by atoms with E-state index in [0.717, 1.165) is 3.57 Å². The van der Waals surface area contributed by atoms with Gasteiger partial charge in [0.1, 0.15) is 5.15 Å². The molecular formula is C8H4ClIN4O2. The van der Waals surface area contributed by atoms with Gasteiger partial charge in [-0.2, -0.15) is 5.10 Å². The summed E-state index contributed by atoms with van der Waals surface area (Å²) in [5.74, 6) is 0.321. The summed E-state index contributed by atoms with van der Waals surface area (Å²) in [6, 6.07) is 2.51. The smallest absolute Gasteiger partial charge is 0.258 e. The number of hydrogen-bond acceptors (Lipinski definition) is 4. The summed E-state index contributed by atoms with van der Waals surface area (Å²) in [6.07, 6.45) is 3.32. The number of pyridine rings is 1. The van der Waals surface area contributed by atoms with Crippen LogP contribution in [0.2, 0.25) is 5.15 Å². The average molecular weight is 351 g/mol. The lowest BCUT2D eigenvalue weighted by Crippen LogP contribution is -2.00. The Balaban J connectivity index is 2.53. The van der Waals surface area contributed by atoms with Crippen LogP contribution in [0.3, 0.4) is 0 Å². The molecule has 0 aliphatic heterocycles. The lowest BCUT2D eigenvalue weighted by atomic mass is 10.4. The average Bonchev–Trinajstić information content (AvgIpc) is 2.64. The highest BCUT2D eigenvalue weighted by Crippen LogP contribution is 2.19. The summed E-state index contributed by atoms with van der Waals surface area (Å²) < 4.78 is 2.34. The van der Waals surface area contributed by atoms with Crippen LogP contribution in [-0.4, -0.2) is 19.7 Å². The third kappa shape index (κ3) is 2.30. The van der Waals surface area contributed by atoms with Crippen LogP contribution in [0.1, 0.15) is 0 Å². The number of halogens is 2. The van der Waals surface area contributed by atoms with Crippen LogP contribution in [0.4, 0.5) is 5.69 Å². The summed E-state index contributed by atoms with van der Waals surface area (Å²) in [5.41, 5.74) is -0.111. The summed E-state index contributed by atoms with van der Waals surface area (Å²) in [5, 5.41) is 14.7. The van der Waals surface area contributed by atoms with E-state index in [2.05, 4.69) is 32.7 Å². The van der Waals surface area contributed by atoms with Crippen molar-refractivity contribution in [2.45, 2.75) is 0 Å². The standard InChI is InChI=1S/C8H4ClIN4O2/c9-7-1-6(14(15)16)2-8(12-7)13-4-5(10)3-11-13/h1-4H. The summed E-state index contributed by atoms with van der Waals surface area (Å²) in [4.78, 5) is 14.1. The zero-order chi connectivity index (χ0) is 11.7. The van der Waals surface area contributed by atoms with E-state index in [9.17, 15) is 10.1 Å². The highest BCUT2D eigenvalue weighted by atomic mass is 127. The molecule has 0 fully saturated rings. The van der Waals surface area contributed by atoms with Gasteiger partial charge in [0.25, 0.3) is 5.69 Å². The Hall–Kier alpha value is -1.22. The first kappa shape index (κ1) is 11.3. The fourth-order valence-corrected chi connectivity index (χ4v) is 1.71. The molecule has 0 unspecified atom stereocenters. The molecule has 0 aromatic carbocycles. The van der Waals surface area contributed by atoms with E-state index < -0.39 is 4.92 Å². The van der Waals surface area contributed by atoms with Gasteiger partial charge in [0.15, 0.2) is 5.82 Å². The van der Waals surface area contributed by atoms with E-state index in [4.69, 9.17) is 11.6 Å². The topological polar surface area (TPSA) is 73.8 Å². The highest BCUT2D eigenvalue weighted by Gasteiger charge is 2.11. The molecule has 0 amide bonds. The van der Waals surface area contributed by atoms with Gasteiger partial charge in [-0.25, -0.2) is 9.67 Å². The maximum atomic E-state index is 10.6. The van der Waals surface area contributed by atoms with Crippen molar-refractivity contribution >= 4 is 39.9 Å². The molecule has 0 spiro atoms. The van der Waals surface area contributed by atoms with Gasteiger partial charge >= 0.3 is 0 Å². The van der Waals surface area contributed by atoms with Gasteiger partial charge in [-0.15, -0.1) is 0 Å². The molecule has 0 radical (unpaired) electrons. The van der Waals surface area contributed by atoms with Gasteiger partial charge in [0, 0.05) is 6.20 Å². The molecule has 82 valence electrons. The largest absolute Gasteiger partial charge is 0.276 e. The zero-order valence-corrected chi connectivity index (χ0v) is 10.6. The molecule has 2 aromatic rings. The zero-order valence-electron chi connectivity index (χ0n) is 7.67. The Morgan fingerprint density at radius 2 is 2.25 bits per heavy atom. The molecule has 0 N–H and O–H groups in total. The molecule has 2 aromatic heterocycles. The van der Waals surface area contributed by atoms with Gasteiger partial charge in [0.2, 0.25) is 0 Å². The van der Waals surface area contributed by atoms with Crippen molar-refractivity contribution < 1.29 is 4.92 Å². The van der Waals surface area contributed by atoms with Crippen molar-refractivity contribution in [1.29, 1.82) is 0 Å². The van der Waals surface area contributed by atoms with E-state index in [1.807, 2.05) is 0 Å². The van der Waals surface area contributed by atoms with Crippen molar-refractivity contribution in [1.82, 2.24) is 14.8 Å². The van der Waals surface area contributed by atoms with E-state index in [1.54, 1.807) is 12.4 Å². The molecule has 0 saturated heterocycles. The fraction of sp³-hybridized carbons (Fsp3) is 0. The minimum Gasteiger partial charge on any atom is -0.258 e. The lowest BCUT2D eigenvalue weighted by Gasteiger charge is -2.00. The molecule has 0 atom stereocenters. The molecule has 0 aliphatic rings. The summed E-state index contributed by atoms with van der Waals surface area (Å²) in [6.45, 7) is 0. The van der Waals surface area contributed by atoms with Crippen molar-refractivity contribution in [2.75, 3.05) is 0 Å². The third-order valence-corrected chi connectivity index (χ3v) is 2.51. The van der Waals surface area contributed by atoms with Crippen molar-refractivity contribution in [3.8, 4) is 5.82 Å². The molecule has 2 rings (SSSR count). The number of aromatic nitrogens is 3. The number of nitrogens with zero attached hydrogens (tertiary/aromatic N) is 4. The second-order valence-electron chi connectivity index (χ2n) is 2.87. The molecule has 0 aliphatic carbocycles. The Labute approximate surface area is 109 Å². The number of rotatable bonds is 2. The molecule has 0 bridgehead atoms. The molecule has 16 heavy (non-hydrogen) atoms. The highest BCUT2D eigenvalue weighted by molar-refractivity contribution is 14.1. The van der Waals surface area contributed by atoms with E-state index in [0.29, 0.717) is 5.82 Å². The van der Waals surface area contributed by atoms with Crippen LogP contribution < -0.4 is 0 Å². The van der Waals surface area contributed by atoms with E-state index in [-0.39, 0.29) is 10.8 Å². The van der Waals surface area contributed by atoms with Gasteiger partial charge < -0.3 is 0 Å². The summed E-state index contributed by atoms with van der Waals surface area (Å²) >= 11 is 7.77. The van der Waals surface area contributed by atoms with E-state index >= 15 is 0 Å². The molecule has 8 heteroatoms. The van der Waals surface area contributed by atoms with Crippen LogP contribution in [0.15, 0.2) is 24.5 Å². The minimum atomic E-state index is -0.522. The first-order valence-corrected chi connectivity index (χ1v) is 5.54. The Kier molecular flexibility index (Phi) is 3.06. The second kappa shape index (κ2) is 4.34. The normalized spacial score (nSPS) is 10.4. The van der Waals surface area contributed by atoms with Crippen LogP contribution in [0.25, 0.3) is 5.82 Å². The predicted molar refractivity (Wildman–Crippen MR) is 65.7 cm³/mol. The monoisotopic (exact) mass is 350 g/mol. The van der Waals surface area contributed by atoms with Crippen LogP contribution >= 0.6 is 34.2 Å². The van der Waals surface area contributed by atoms with Gasteiger partial charge in [-0.1, -0.05) is 11.6 Å². The van der Waals surface area contributed by atoms with Crippen molar-refractivity contribution in [3.63, 3.8) is 0 Å². The Morgan fingerprint density at radius 3 is 2.81 bits per heavy atom. The van der Waals surface area contributed by atoms with Gasteiger partial charge in [0.05, 0.1) is 26.8 Å². The molecule has 6 nitrogen and oxygen atoms in total. The SMILES string of the molecule is O=[N+]([O-])c1cc(Cl)nc(-n2cc(I)cn2)c1. The Bertz CT molecular complexity index is 557. The van der Waals surface area contributed by atoms with Crippen LogP contribution in [0.5, 0.6) is 0 Å². The first-order valence-electron chi connectivity index (χ1n) is 4.09. The minimum absolute atomic E-state index is 0.0645. The summed E-state index contributed by atoms with van der Waals surface area (Å²) in [7, 11) is 0. The maximum Gasteiger partial charge on any atom is 0.276 e. The maximum absolute atomic E-state index is 10.6. The lowest BCUT2D eigenvalue weighted by molar-refractivity contribution is -0.384. The fourth-order valence-electron chi connectivity index (χ4n) is 1.12. The van der Waals surface area contributed by atoms with Crippen molar-refractivity contribution in [3.05, 3.63) is 43.4 Å². The van der Waals surface area contributed by atoms with Gasteiger partial charge in [-0.3, -0.25) is 10.1 Å². The number of nitro groups is 1. The van der Waals surface area contributed by atoms with Gasteiger partial charge in [-0.05, 0) is 22.6 Å². The predicted octanol–water partition coefficient (Wildman–Crippen LogP) is 2.43. The molecule has 0 saturated carbocycles. The Morgan fingerprint density at radius 1 is 1.50 bits per heavy atom. The van der Waals surface area contributed by atoms with E-state index in [1.165, 1.54) is 16.8 Å².